The zero-order valence-electron chi connectivity index (χ0n) is 17.4. The first-order valence-electron chi connectivity index (χ1n) is 9.43. The van der Waals surface area contributed by atoms with Crippen molar-refractivity contribution in [3.8, 4) is 5.75 Å². The van der Waals surface area contributed by atoms with Crippen LogP contribution in [0.25, 0.3) is 0 Å². The van der Waals surface area contributed by atoms with Crippen LogP contribution in [0.3, 0.4) is 0 Å². The van der Waals surface area contributed by atoms with Crippen molar-refractivity contribution in [2.45, 2.75) is 13.3 Å². The van der Waals surface area contributed by atoms with Crippen molar-refractivity contribution in [1.82, 2.24) is 0 Å². The third-order valence-electron chi connectivity index (χ3n) is 4.55. The second-order valence-corrected chi connectivity index (χ2v) is 7.67. The fraction of sp³-hybridized carbons (Fsp3) is 0.174. The molecule has 0 atom stereocenters. The smallest absolute Gasteiger partial charge is 0.341 e. The van der Waals surface area contributed by atoms with Crippen LogP contribution in [0.4, 0.5) is 10.7 Å². The lowest BCUT2D eigenvalue weighted by Crippen LogP contribution is -2.16. The molecule has 31 heavy (non-hydrogen) atoms. The molecule has 0 aliphatic rings. The summed E-state index contributed by atoms with van der Waals surface area (Å²) in [5.74, 6) is -0.603. The van der Waals surface area contributed by atoms with Gasteiger partial charge in [0.15, 0.2) is 0 Å². The van der Waals surface area contributed by atoms with Gasteiger partial charge in [0.1, 0.15) is 10.8 Å². The molecule has 0 unspecified atom stereocenters. The molecule has 3 aromatic rings. The maximum atomic E-state index is 12.8. The number of hydrogen-bond donors (Lipinski definition) is 2. The Morgan fingerprint density at radius 3 is 2.23 bits per heavy atom. The summed E-state index contributed by atoms with van der Waals surface area (Å²) in [6.07, 6.45) is 0.104. The first-order chi connectivity index (χ1) is 14.9. The minimum atomic E-state index is -0.618. The van der Waals surface area contributed by atoms with E-state index >= 15 is 0 Å². The van der Waals surface area contributed by atoms with Gasteiger partial charge in [-0.3, -0.25) is 9.59 Å². The van der Waals surface area contributed by atoms with Gasteiger partial charge in [0, 0.05) is 5.69 Å². The lowest BCUT2D eigenvalue weighted by atomic mass is 10.1. The largest absolute Gasteiger partial charge is 0.497 e. The van der Waals surface area contributed by atoms with Gasteiger partial charge in [-0.15, -0.1) is 11.3 Å². The van der Waals surface area contributed by atoms with E-state index in [1.165, 1.54) is 7.11 Å². The van der Waals surface area contributed by atoms with Crippen LogP contribution in [0, 0.1) is 6.92 Å². The zero-order chi connectivity index (χ0) is 22.4. The predicted molar refractivity (Wildman–Crippen MR) is 120 cm³/mol. The average Bonchev–Trinajstić information content (AvgIpc) is 3.10. The fourth-order valence-corrected chi connectivity index (χ4v) is 4.08. The highest BCUT2D eigenvalue weighted by Crippen LogP contribution is 2.34. The van der Waals surface area contributed by atoms with Crippen LogP contribution in [-0.2, 0) is 16.0 Å². The predicted octanol–water partition coefficient (Wildman–Crippen LogP) is 4.29. The lowest BCUT2D eigenvalue weighted by Gasteiger charge is -2.07. The van der Waals surface area contributed by atoms with Gasteiger partial charge in [-0.25, -0.2) is 4.79 Å². The molecule has 2 aromatic carbocycles. The number of para-hydroxylation sites is 1. The van der Waals surface area contributed by atoms with E-state index in [-0.39, 0.29) is 28.8 Å². The Hall–Kier alpha value is -3.65. The zero-order valence-corrected chi connectivity index (χ0v) is 18.2. The van der Waals surface area contributed by atoms with Gasteiger partial charge < -0.3 is 20.1 Å². The van der Waals surface area contributed by atoms with Crippen LogP contribution in [0.15, 0.2) is 54.6 Å². The van der Waals surface area contributed by atoms with Gasteiger partial charge in [0.05, 0.1) is 31.1 Å². The van der Waals surface area contributed by atoms with Crippen LogP contribution in [0.1, 0.15) is 31.2 Å². The highest BCUT2D eigenvalue weighted by atomic mass is 32.1. The SMILES string of the molecule is COC(=O)c1c(NC(=O)Cc2ccc(OC)cc2)sc(C(=O)Nc2ccccc2)c1C. The minimum absolute atomic E-state index is 0.104. The van der Waals surface area contributed by atoms with E-state index < -0.39 is 5.97 Å². The number of anilines is 2. The van der Waals surface area contributed by atoms with Crippen molar-refractivity contribution < 1.29 is 23.9 Å². The fourth-order valence-electron chi connectivity index (χ4n) is 2.97. The molecule has 2 N–H and O–H groups in total. The van der Waals surface area contributed by atoms with E-state index in [1.807, 2.05) is 18.2 Å². The number of amides is 2. The molecule has 1 aromatic heterocycles. The van der Waals surface area contributed by atoms with Gasteiger partial charge in [0.2, 0.25) is 5.91 Å². The van der Waals surface area contributed by atoms with E-state index in [4.69, 9.17) is 9.47 Å². The number of hydrogen-bond acceptors (Lipinski definition) is 6. The van der Waals surface area contributed by atoms with E-state index in [0.717, 1.165) is 16.9 Å². The number of esters is 1. The van der Waals surface area contributed by atoms with Crippen molar-refractivity contribution in [1.29, 1.82) is 0 Å². The van der Waals surface area contributed by atoms with Crippen LogP contribution in [0.5, 0.6) is 5.75 Å². The van der Waals surface area contributed by atoms with Gasteiger partial charge in [0.25, 0.3) is 5.91 Å². The number of ether oxygens (including phenoxy) is 2. The van der Waals surface area contributed by atoms with E-state index in [0.29, 0.717) is 21.9 Å². The number of nitrogens with one attached hydrogen (secondary N) is 2. The van der Waals surface area contributed by atoms with E-state index in [9.17, 15) is 14.4 Å². The molecule has 0 fully saturated rings. The summed E-state index contributed by atoms with van der Waals surface area (Å²) in [7, 11) is 2.83. The summed E-state index contributed by atoms with van der Waals surface area (Å²) in [5, 5.41) is 5.82. The third kappa shape index (κ3) is 5.29. The topological polar surface area (TPSA) is 93.7 Å². The molecule has 160 valence electrons. The number of rotatable bonds is 7. The van der Waals surface area contributed by atoms with Crippen molar-refractivity contribution in [2.75, 3.05) is 24.9 Å². The number of benzene rings is 2. The molecular weight excluding hydrogens is 416 g/mol. The number of methoxy groups -OCH3 is 2. The van der Waals surface area contributed by atoms with Crippen molar-refractivity contribution in [3.05, 3.63) is 76.2 Å². The Bertz CT molecular complexity index is 1090. The third-order valence-corrected chi connectivity index (χ3v) is 5.76. The van der Waals surface area contributed by atoms with Crippen LogP contribution < -0.4 is 15.4 Å². The van der Waals surface area contributed by atoms with E-state index in [1.54, 1.807) is 50.4 Å². The van der Waals surface area contributed by atoms with Gasteiger partial charge >= 0.3 is 5.97 Å². The summed E-state index contributed by atoms with van der Waals surface area (Å²) in [6.45, 7) is 1.65. The van der Waals surface area contributed by atoms with Gasteiger partial charge in [-0.05, 0) is 42.3 Å². The van der Waals surface area contributed by atoms with Crippen molar-refractivity contribution in [2.24, 2.45) is 0 Å². The van der Waals surface area contributed by atoms with Crippen LogP contribution in [-0.4, -0.2) is 32.0 Å². The van der Waals surface area contributed by atoms with E-state index in [2.05, 4.69) is 10.6 Å². The highest BCUT2D eigenvalue weighted by Gasteiger charge is 2.26. The molecule has 1 heterocycles. The molecule has 8 heteroatoms. The molecule has 0 radical (unpaired) electrons. The monoisotopic (exact) mass is 438 g/mol. The number of carbonyl (C=O) groups excluding carboxylic acids is 3. The molecule has 0 bridgehead atoms. The summed E-state index contributed by atoms with van der Waals surface area (Å²) < 4.78 is 9.98. The molecule has 0 saturated carbocycles. The molecule has 7 nitrogen and oxygen atoms in total. The Morgan fingerprint density at radius 1 is 0.935 bits per heavy atom. The standard InChI is InChI=1S/C23H22N2O5S/c1-14-19(23(28)30-3)22(25-18(26)13-15-9-11-17(29-2)12-10-15)31-20(14)21(27)24-16-7-5-4-6-8-16/h4-12H,13H2,1-3H3,(H,24,27)(H,25,26). The number of carbonyl (C=O) groups is 3. The summed E-state index contributed by atoms with van der Waals surface area (Å²) >= 11 is 1.04. The summed E-state index contributed by atoms with van der Waals surface area (Å²) in [5.41, 5.74) is 2.04. The molecule has 3 rings (SSSR count). The number of thiophene rings is 1. The molecule has 0 aliphatic carbocycles. The van der Waals surface area contributed by atoms with Crippen molar-refractivity contribution in [3.63, 3.8) is 0 Å². The Morgan fingerprint density at radius 2 is 1.61 bits per heavy atom. The second-order valence-electron chi connectivity index (χ2n) is 6.65. The Balaban J connectivity index is 1.82. The molecule has 0 aliphatic heterocycles. The molecular formula is C23H22N2O5S. The normalized spacial score (nSPS) is 10.3. The van der Waals surface area contributed by atoms with Crippen LogP contribution in [0.2, 0.25) is 0 Å². The summed E-state index contributed by atoms with van der Waals surface area (Å²) in [6, 6.07) is 16.1. The first kappa shape index (κ1) is 22.0. The highest BCUT2D eigenvalue weighted by molar-refractivity contribution is 7.18. The minimum Gasteiger partial charge on any atom is -0.497 e. The average molecular weight is 439 g/mol. The maximum absolute atomic E-state index is 12.8. The van der Waals surface area contributed by atoms with Crippen molar-refractivity contribution >= 4 is 39.8 Å². The molecule has 2 amide bonds. The second kappa shape index (κ2) is 9.90. The molecule has 0 saturated heterocycles. The molecule has 0 spiro atoms. The lowest BCUT2D eigenvalue weighted by molar-refractivity contribution is -0.115. The van der Waals surface area contributed by atoms with Crippen LogP contribution >= 0.6 is 11.3 Å². The summed E-state index contributed by atoms with van der Waals surface area (Å²) in [4.78, 5) is 38.0. The Labute approximate surface area is 184 Å². The maximum Gasteiger partial charge on any atom is 0.341 e. The van der Waals surface area contributed by atoms with Gasteiger partial charge in [-0.2, -0.15) is 0 Å². The quantitative estimate of drug-likeness (QED) is 0.537. The first-order valence-corrected chi connectivity index (χ1v) is 10.3. The van der Waals surface area contributed by atoms with Gasteiger partial charge in [-0.1, -0.05) is 30.3 Å². The Kier molecular flexibility index (Phi) is 7.04.